The van der Waals surface area contributed by atoms with Crippen LogP contribution in [-0.2, 0) is 0 Å². The van der Waals surface area contributed by atoms with Crippen molar-refractivity contribution in [2.75, 3.05) is 34.4 Å². The van der Waals surface area contributed by atoms with Gasteiger partial charge in [-0.25, -0.2) is 4.79 Å². The Labute approximate surface area is 194 Å². The van der Waals surface area contributed by atoms with E-state index >= 15 is 0 Å². The summed E-state index contributed by atoms with van der Waals surface area (Å²) in [5.41, 5.74) is 1.13. The van der Waals surface area contributed by atoms with Gasteiger partial charge >= 0.3 is 6.03 Å². The van der Waals surface area contributed by atoms with E-state index in [4.69, 9.17) is 14.2 Å². The molecule has 4 rings (SSSR count). The smallest absolute Gasteiger partial charge is 0.315 e. The highest BCUT2D eigenvalue weighted by atomic mass is 16.5. The molecule has 0 atom stereocenters. The van der Waals surface area contributed by atoms with Gasteiger partial charge in [0.15, 0.2) is 11.5 Å². The molecular weight excluding hydrogens is 424 g/mol. The molecule has 1 saturated heterocycles. The summed E-state index contributed by atoms with van der Waals surface area (Å²) in [5, 5.41) is 6.95. The first kappa shape index (κ1) is 23.1. The number of hydrogen-bond donors (Lipinski definition) is 3. The third kappa shape index (κ3) is 4.96. The molecule has 1 aromatic carbocycles. The number of aromatic nitrogens is 1. The van der Waals surface area contributed by atoms with Gasteiger partial charge in [0, 0.05) is 36.6 Å². The first-order valence-corrected chi connectivity index (χ1v) is 11.7. The molecule has 1 aromatic heterocycles. The van der Waals surface area contributed by atoms with Gasteiger partial charge in [0.1, 0.15) is 11.4 Å². The number of carbonyl (C=O) groups excluding carboxylic acids is 2. The summed E-state index contributed by atoms with van der Waals surface area (Å²) in [5.74, 6) is 1.57. The molecule has 33 heavy (non-hydrogen) atoms. The standard InChI is InChI=1S/C24H34N4O5/c1-31-19-14-20(32-2)22(33-3)21-17(19)13-18(27-21)23(29)28-11-9-16(10-12-28)26-24(30)25-15-7-5-4-6-8-15/h13-16,27H,4-12H2,1-3H3,(H2,25,26,30). The highest BCUT2D eigenvalue weighted by molar-refractivity contribution is 6.02. The van der Waals surface area contributed by atoms with Gasteiger partial charge in [-0.05, 0) is 31.7 Å². The number of piperidine rings is 1. The van der Waals surface area contributed by atoms with Gasteiger partial charge in [-0.2, -0.15) is 0 Å². The lowest BCUT2D eigenvalue weighted by Gasteiger charge is -2.32. The number of benzene rings is 1. The van der Waals surface area contributed by atoms with Crippen LogP contribution in [0.25, 0.3) is 10.9 Å². The second kappa shape index (κ2) is 10.2. The largest absolute Gasteiger partial charge is 0.496 e. The van der Waals surface area contributed by atoms with E-state index in [0.29, 0.717) is 41.5 Å². The molecule has 0 spiro atoms. The van der Waals surface area contributed by atoms with E-state index in [-0.39, 0.29) is 24.0 Å². The van der Waals surface area contributed by atoms with Gasteiger partial charge in [0.05, 0.1) is 26.8 Å². The van der Waals surface area contributed by atoms with Crippen LogP contribution in [0.4, 0.5) is 4.79 Å². The number of nitrogens with zero attached hydrogens (tertiary/aromatic N) is 1. The molecule has 2 aliphatic rings. The maximum Gasteiger partial charge on any atom is 0.315 e. The van der Waals surface area contributed by atoms with Gasteiger partial charge in [0.25, 0.3) is 5.91 Å². The van der Waals surface area contributed by atoms with Crippen LogP contribution < -0.4 is 24.8 Å². The summed E-state index contributed by atoms with van der Waals surface area (Å²) in [4.78, 5) is 30.6. The van der Waals surface area contributed by atoms with Crippen molar-refractivity contribution in [1.29, 1.82) is 0 Å². The summed E-state index contributed by atoms with van der Waals surface area (Å²) in [6.45, 7) is 1.17. The van der Waals surface area contributed by atoms with E-state index in [1.807, 2.05) is 4.90 Å². The number of H-pyrrole nitrogens is 1. The number of likely N-dealkylation sites (tertiary alicyclic amines) is 1. The molecule has 0 bridgehead atoms. The molecule has 2 fully saturated rings. The molecule has 0 unspecified atom stereocenters. The molecule has 2 aromatic rings. The number of ether oxygens (including phenoxy) is 3. The number of carbonyl (C=O) groups is 2. The van der Waals surface area contributed by atoms with Crippen molar-refractivity contribution < 1.29 is 23.8 Å². The van der Waals surface area contributed by atoms with Gasteiger partial charge in [-0.1, -0.05) is 19.3 Å². The summed E-state index contributed by atoms with van der Waals surface area (Å²) >= 11 is 0. The topological polar surface area (TPSA) is 105 Å². The summed E-state index contributed by atoms with van der Waals surface area (Å²) in [6.07, 6.45) is 7.21. The fraction of sp³-hybridized carbons (Fsp3) is 0.583. The number of hydrogen-bond acceptors (Lipinski definition) is 5. The van der Waals surface area contributed by atoms with Gasteiger partial charge in [-0.3, -0.25) is 4.79 Å². The van der Waals surface area contributed by atoms with Crippen LogP contribution in [0.15, 0.2) is 12.1 Å². The molecule has 1 aliphatic heterocycles. The molecule has 2 heterocycles. The SMILES string of the molecule is COc1cc(OC)c2cc(C(=O)N3CCC(NC(=O)NC4CCCCC4)CC3)[nH]c2c1OC. The number of fused-ring (bicyclic) bond motifs is 1. The third-order valence-electron chi connectivity index (χ3n) is 6.73. The zero-order valence-electron chi connectivity index (χ0n) is 19.7. The van der Waals surface area contributed by atoms with Crippen LogP contribution in [0, 0.1) is 0 Å². The predicted molar refractivity (Wildman–Crippen MR) is 125 cm³/mol. The Morgan fingerprint density at radius 2 is 1.52 bits per heavy atom. The van der Waals surface area contributed by atoms with Crippen LogP contribution >= 0.6 is 0 Å². The molecule has 180 valence electrons. The van der Waals surface area contributed by atoms with Crippen molar-refractivity contribution in [3.8, 4) is 17.2 Å². The average Bonchev–Trinajstić information content (AvgIpc) is 3.29. The average molecular weight is 459 g/mol. The number of urea groups is 1. The lowest BCUT2D eigenvalue weighted by atomic mass is 9.96. The van der Waals surface area contributed by atoms with Crippen LogP contribution in [-0.4, -0.2) is 68.3 Å². The third-order valence-corrected chi connectivity index (χ3v) is 6.73. The first-order chi connectivity index (χ1) is 16.0. The Morgan fingerprint density at radius 3 is 2.12 bits per heavy atom. The molecule has 3 N–H and O–H groups in total. The normalized spacial score (nSPS) is 17.6. The fourth-order valence-corrected chi connectivity index (χ4v) is 4.91. The Morgan fingerprint density at radius 1 is 0.879 bits per heavy atom. The first-order valence-electron chi connectivity index (χ1n) is 11.7. The molecule has 9 heteroatoms. The molecule has 1 saturated carbocycles. The minimum absolute atomic E-state index is 0.0739. The number of methoxy groups -OCH3 is 3. The van der Waals surface area contributed by atoms with Crippen molar-refractivity contribution in [2.24, 2.45) is 0 Å². The Balaban J connectivity index is 1.38. The van der Waals surface area contributed by atoms with Crippen molar-refractivity contribution >= 4 is 22.8 Å². The van der Waals surface area contributed by atoms with E-state index in [1.54, 1.807) is 33.5 Å². The van der Waals surface area contributed by atoms with E-state index in [9.17, 15) is 9.59 Å². The van der Waals surface area contributed by atoms with Crippen molar-refractivity contribution in [1.82, 2.24) is 20.5 Å². The van der Waals surface area contributed by atoms with Crippen molar-refractivity contribution in [3.63, 3.8) is 0 Å². The highest BCUT2D eigenvalue weighted by Gasteiger charge is 2.27. The van der Waals surface area contributed by atoms with Crippen LogP contribution in [0.1, 0.15) is 55.4 Å². The quantitative estimate of drug-likeness (QED) is 0.615. The molecular formula is C24H34N4O5. The Kier molecular flexibility index (Phi) is 7.15. The molecule has 9 nitrogen and oxygen atoms in total. The fourth-order valence-electron chi connectivity index (χ4n) is 4.91. The maximum absolute atomic E-state index is 13.2. The number of aromatic amines is 1. The number of amides is 3. The summed E-state index contributed by atoms with van der Waals surface area (Å²) in [6, 6.07) is 3.81. The lowest BCUT2D eigenvalue weighted by molar-refractivity contribution is 0.0703. The van der Waals surface area contributed by atoms with Gasteiger partial charge < -0.3 is 34.7 Å². The minimum Gasteiger partial charge on any atom is -0.496 e. The minimum atomic E-state index is -0.0876. The van der Waals surface area contributed by atoms with Crippen molar-refractivity contribution in [3.05, 3.63) is 17.8 Å². The Hall–Kier alpha value is -3.10. The zero-order valence-corrected chi connectivity index (χ0v) is 19.7. The number of rotatable bonds is 6. The monoisotopic (exact) mass is 458 g/mol. The molecule has 1 aliphatic carbocycles. The van der Waals surface area contributed by atoms with E-state index in [1.165, 1.54) is 19.3 Å². The number of nitrogens with one attached hydrogen (secondary N) is 3. The Bertz CT molecular complexity index is 990. The van der Waals surface area contributed by atoms with E-state index < -0.39 is 0 Å². The molecule has 0 radical (unpaired) electrons. The second-order valence-corrected chi connectivity index (χ2v) is 8.81. The second-order valence-electron chi connectivity index (χ2n) is 8.81. The lowest BCUT2D eigenvalue weighted by Crippen LogP contribution is -2.51. The van der Waals surface area contributed by atoms with Crippen LogP contribution in [0.2, 0.25) is 0 Å². The highest BCUT2D eigenvalue weighted by Crippen LogP contribution is 2.41. The van der Waals surface area contributed by atoms with Gasteiger partial charge in [0.2, 0.25) is 0 Å². The molecule has 3 amide bonds. The summed E-state index contributed by atoms with van der Waals surface area (Å²) < 4.78 is 16.4. The van der Waals surface area contributed by atoms with Crippen LogP contribution in [0.5, 0.6) is 17.2 Å². The van der Waals surface area contributed by atoms with E-state index in [0.717, 1.165) is 31.1 Å². The summed E-state index contributed by atoms with van der Waals surface area (Å²) in [7, 11) is 4.71. The predicted octanol–water partition coefficient (Wildman–Crippen LogP) is 3.43. The van der Waals surface area contributed by atoms with Crippen molar-refractivity contribution in [2.45, 2.75) is 57.0 Å². The van der Waals surface area contributed by atoms with Gasteiger partial charge in [-0.15, -0.1) is 0 Å². The van der Waals surface area contributed by atoms with E-state index in [2.05, 4.69) is 15.6 Å². The van der Waals surface area contributed by atoms with Crippen LogP contribution in [0.3, 0.4) is 0 Å². The maximum atomic E-state index is 13.2. The zero-order chi connectivity index (χ0) is 23.4.